The summed E-state index contributed by atoms with van der Waals surface area (Å²) in [5.41, 5.74) is 1.16. The molecule has 0 radical (unpaired) electrons. The zero-order valence-corrected chi connectivity index (χ0v) is 10.9. The molecule has 0 aliphatic rings. The molecule has 1 aromatic carbocycles. The summed E-state index contributed by atoms with van der Waals surface area (Å²) < 4.78 is 7.57. The maximum atomic E-state index is 5.84. The van der Waals surface area contributed by atoms with Crippen molar-refractivity contribution in [1.82, 2.24) is 15.1 Å². The Kier molecular flexibility index (Phi) is 4.36. The molecule has 0 atom stereocenters. The SMILES string of the molecule is CCCNCc1ccccc1Oc1cnn(C)c1. The fraction of sp³-hybridized carbons (Fsp3) is 0.357. The third-order valence-electron chi connectivity index (χ3n) is 2.62. The van der Waals surface area contributed by atoms with E-state index in [1.54, 1.807) is 10.9 Å². The van der Waals surface area contributed by atoms with Crippen LogP contribution in [0.25, 0.3) is 0 Å². The average molecular weight is 245 g/mol. The van der Waals surface area contributed by atoms with Crippen LogP contribution in [0.2, 0.25) is 0 Å². The average Bonchev–Trinajstić information content (AvgIpc) is 2.77. The summed E-state index contributed by atoms with van der Waals surface area (Å²) in [7, 11) is 1.88. The van der Waals surface area contributed by atoms with Crippen molar-refractivity contribution in [3.05, 3.63) is 42.2 Å². The van der Waals surface area contributed by atoms with E-state index in [1.807, 2.05) is 31.4 Å². The third-order valence-corrected chi connectivity index (χ3v) is 2.62. The van der Waals surface area contributed by atoms with E-state index >= 15 is 0 Å². The first kappa shape index (κ1) is 12.6. The highest BCUT2D eigenvalue weighted by molar-refractivity contribution is 5.36. The van der Waals surface area contributed by atoms with Gasteiger partial charge in [-0.05, 0) is 19.0 Å². The van der Waals surface area contributed by atoms with Gasteiger partial charge in [0, 0.05) is 19.2 Å². The highest BCUT2D eigenvalue weighted by atomic mass is 16.5. The summed E-state index contributed by atoms with van der Waals surface area (Å²) in [6.07, 6.45) is 4.71. The molecule has 4 nitrogen and oxygen atoms in total. The Morgan fingerprint density at radius 1 is 1.33 bits per heavy atom. The van der Waals surface area contributed by atoms with Crippen LogP contribution in [0.4, 0.5) is 0 Å². The van der Waals surface area contributed by atoms with Crippen LogP contribution in [0.1, 0.15) is 18.9 Å². The lowest BCUT2D eigenvalue weighted by atomic mass is 10.2. The van der Waals surface area contributed by atoms with Crippen molar-refractivity contribution in [1.29, 1.82) is 0 Å². The number of nitrogens with one attached hydrogen (secondary N) is 1. The first-order valence-corrected chi connectivity index (χ1v) is 6.24. The monoisotopic (exact) mass is 245 g/mol. The molecule has 0 amide bonds. The van der Waals surface area contributed by atoms with Gasteiger partial charge in [-0.15, -0.1) is 0 Å². The van der Waals surface area contributed by atoms with E-state index in [0.717, 1.165) is 36.6 Å². The molecule has 0 spiro atoms. The summed E-state index contributed by atoms with van der Waals surface area (Å²) >= 11 is 0. The van der Waals surface area contributed by atoms with Gasteiger partial charge >= 0.3 is 0 Å². The van der Waals surface area contributed by atoms with E-state index in [4.69, 9.17) is 4.74 Å². The number of nitrogens with zero attached hydrogens (tertiary/aromatic N) is 2. The molecule has 1 aromatic heterocycles. The van der Waals surface area contributed by atoms with Crippen LogP contribution in [0, 0.1) is 0 Å². The molecular weight excluding hydrogens is 226 g/mol. The van der Waals surface area contributed by atoms with Crippen LogP contribution < -0.4 is 10.1 Å². The number of ether oxygens (including phenoxy) is 1. The second-order valence-electron chi connectivity index (χ2n) is 4.24. The molecule has 0 aliphatic heterocycles. The van der Waals surface area contributed by atoms with Crippen molar-refractivity contribution < 1.29 is 4.74 Å². The van der Waals surface area contributed by atoms with Gasteiger partial charge in [-0.3, -0.25) is 4.68 Å². The van der Waals surface area contributed by atoms with E-state index in [1.165, 1.54) is 0 Å². The summed E-state index contributed by atoms with van der Waals surface area (Å²) in [5, 5.41) is 7.48. The predicted molar refractivity (Wildman–Crippen MR) is 71.7 cm³/mol. The summed E-state index contributed by atoms with van der Waals surface area (Å²) in [6.45, 7) is 4.00. The molecule has 0 saturated heterocycles. The fourth-order valence-corrected chi connectivity index (χ4v) is 1.73. The van der Waals surface area contributed by atoms with Gasteiger partial charge in [-0.25, -0.2) is 0 Å². The largest absolute Gasteiger partial charge is 0.454 e. The molecule has 0 unspecified atom stereocenters. The predicted octanol–water partition coefficient (Wildman–Crippen LogP) is 2.71. The van der Waals surface area contributed by atoms with Gasteiger partial charge in [0.2, 0.25) is 0 Å². The van der Waals surface area contributed by atoms with Gasteiger partial charge in [-0.1, -0.05) is 25.1 Å². The molecule has 96 valence electrons. The smallest absolute Gasteiger partial charge is 0.165 e. The molecule has 1 heterocycles. The first-order valence-electron chi connectivity index (χ1n) is 6.24. The zero-order chi connectivity index (χ0) is 12.8. The van der Waals surface area contributed by atoms with Crippen LogP contribution >= 0.6 is 0 Å². The molecule has 1 N–H and O–H groups in total. The molecule has 4 heteroatoms. The van der Waals surface area contributed by atoms with E-state index < -0.39 is 0 Å². The van der Waals surface area contributed by atoms with Gasteiger partial charge in [0.1, 0.15) is 5.75 Å². The molecule has 0 saturated carbocycles. The van der Waals surface area contributed by atoms with E-state index in [-0.39, 0.29) is 0 Å². The maximum Gasteiger partial charge on any atom is 0.165 e. The zero-order valence-electron chi connectivity index (χ0n) is 10.9. The van der Waals surface area contributed by atoms with Crippen molar-refractivity contribution in [3.63, 3.8) is 0 Å². The standard InChI is InChI=1S/C14H19N3O/c1-3-8-15-9-12-6-4-5-7-14(12)18-13-10-16-17(2)11-13/h4-7,10-11,15H,3,8-9H2,1-2H3. The van der Waals surface area contributed by atoms with Crippen molar-refractivity contribution in [3.8, 4) is 11.5 Å². The van der Waals surface area contributed by atoms with E-state index in [2.05, 4.69) is 23.4 Å². The van der Waals surface area contributed by atoms with Crippen molar-refractivity contribution >= 4 is 0 Å². The Bertz CT molecular complexity index is 493. The fourth-order valence-electron chi connectivity index (χ4n) is 1.73. The minimum absolute atomic E-state index is 0.764. The number of aryl methyl sites for hydroxylation is 1. The van der Waals surface area contributed by atoms with Crippen LogP contribution in [0.3, 0.4) is 0 Å². The number of hydrogen-bond donors (Lipinski definition) is 1. The van der Waals surface area contributed by atoms with Crippen molar-refractivity contribution in [2.24, 2.45) is 7.05 Å². The molecule has 0 fully saturated rings. The van der Waals surface area contributed by atoms with E-state index in [0.29, 0.717) is 0 Å². The van der Waals surface area contributed by atoms with Crippen LogP contribution in [0.5, 0.6) is 11.5 Å². The first-order chi connectivity index (χ1) is 8.79. The maximum absolute atomic E-state index is 5.84. The lowest BCUT2D eigenvalue weighted by molar-refractivity contribution is 0.472. The minimum Gasteiger partial charge on any atom is -0.454 e. The summed E-state index contributed by atoms with van der Waals surface area (Å²) in [4.78, 5) is 0. The van der Waals surface area contributed by atoms with Crippen LogP contribution in [-0.2, 0) is 13.6 Å². The Hall–Kier alpha value is -1.81. The van der Waals surface area contributed by atoms with Gasteiger partial charge < -0.3 is 10.1 Å². The highest BCUT2D eigenvalue weighted by Crippen LogP contribution is 2.24. The lowest BCUT2D eigenvalue weighted by Gasteiger charge is -2.10. The van der Waals surface area contributed by atoms with E-state index in [9.17, 15) is 0 Å². The quantitative estimate of drug-likeness (QED) is 0.795. The van der Waals surface area contributed by atoms with Crippen molar-refractivity contribution in [2.45, 2.75) is 19.9 Å². The minimum atomic E-state index is 0.764. The molecule has 18 heavy (non-hydrogen) atoms. The second kappa shape index (κ2) is 6.21. The topological polar surface area (TPSA) is 39.1 Å². The second-order valence-corrected chi connectivity index (χ2v) is 4.24. The van der Waals surface area contributed by atoms with Gasteiger partial charge in [0.05, 0.1) is 12.4 Å². The number of benzene rings is 1. The van der Waals surface area contributed by atoms with Crippen LogP contribution in [0.15, 0.2) is 36.7 Å². The number of rotatable bonds is 6. The molecule has 0 aliphatic carbocycles. The summed E-state index contributed by atoms with van der Waals surface area (Å²) in [6, 6.07) is 8.07. The Labute approximate surface area is 108 Å². The van der Waals surface area contributed by atoms with Gasteiger partial charge in [-0.2, -0.15) is 5.10 Å². The Balaban J connectivity index is 2.07. The van der Waals surface area contributed by atoms with Crippen molar-refractivity contribution in [2.75, 3.05) is 6.54 Å². The lowest BCUT2D eigenvalue weighted by Crippen LogP contribution is -2.14. The van der Waals surface area contributed by atoms with Crippen LogP contribution in [-0.4, -0.2) is 16.3 Å². The number of aromatic nitrogens is 2. The molecular formula is C14H19N3O. The number of para-hydroxylation sites is 1. The van der Waals surface area contributed by atoms with Gasteiger partial charge in [0.25, 0.3) is 0 Å². The normalized spacial score (nSPS) is 10.6. The molecule has 2 aromatic rings. The Morgan fingerprint density at radius 3 is 2.89 bits per heavy atom. The Morgan fingerprint density at radius 2 is 2.17 bits per heavy atom. The molecule has 2 rings (SSSR count). The van der Waals surface area contributed by atoms with Gasteiger partial charge in [0.15, 0.2) is 5.75 Å². The summed E-state index contributed by atoms with van der Waals surface area (Å²) in [5.74, 6) is 1.65. The third kappa shape index (κ3) is 3.34. The molecule has 0 bridgehead atoms. The number of hydrogen-bond acceptors (Lipinski definition) is 3. The highest BCUT2D eigenvalue weighted by Gasteiger charge is 2.05.